The van der Waals surface area contributed by atoms with Crippen molar-refractivity contribution < 1.29 is 43.4 Å². The van der Waals surface area contributed by atoms with Gasteiger partial charge in [0, 0.05) is 43.4 Å². The van der Waals surface area contributed by atoms with E-state index in [4.69, 9.17) is 0 Å². The first-order chi connectivity index (χ1) is 12.0. The van der Waals surface area contributed by atoms with Gasteiger partial charge in [0.2, 0.25) is 0 Å². The molecular weight excluding hydrogens is 384 g/mol. The minimum atomic E-state index is 0. The fraction of sp³-hybridized carbons (Fsp3) is 0. The molecule has 0 nitrogen and oxygen atoms in total. The van der Waals surface area contributed by atoms with Gasteiger partial charge >= 0.3 is 0 Å². The molecule has 0 bridgehead atoms. The van der Waals surface area contributed by atoms with E-state index in [1.54, 1.807) is 0 Å². The smallest absolute Gasteiger partial charge is 0 e. The van der Waals surface area contributed by atoms with Crippen molar-refractivity contribution >= 4 is 0 Å². The summed E-state index contributed by atoms with van der Waals surface area (Å²) in [5.74, 6) is 0. The van der Waals surface area contributed by atoms with E-state index in [-0.39, 0.29) is 43.4 Å². The summed E-state index contributed by atoms with van der Waals surface area (Å²) in [6.45, 7) is 0. The van der Waals surface area contributed by atoms with Crippen LogP contribution < -0.4 is 0 Å². The van der Waals surface area contributed by atoms with Crippen molar-refractivity contribution in [1.29, 1.82) is 0 Å². The van der Waals surface area contributed by atoms with Crippen LogP contribution >= 0.6 is 0 Å². The summed E-state index contributed by atoms with van der Waals surface area (Å²) >= 11 is 0. The number of hydrogen-bond acceptors (Lipinski definition) is 0. The predicted octanol–water partition coefficient (Wildman–Crippen LogP) is 6.67. The third-order valence-corrected chi connectivity index (χ3v) is 2.67. The Bertz CT molecular complexity index is 408. The molecule has 0 aliphatic heterocycles. The molecule has 0 spiro atoms. The van der Waals surface area contributed by atoms with E-state index >= 15 is 0 Å². The first-order valence-electron chi connectivity index (χ1n) is 8.00. The van der Waals surface area contributed by atoms with Crippen molar-refractivity contribution in [3.63, 3.8) is 0 Å². The van der Waals surface area contributed by atoms with Crippen molar-refractivity contribution in [1.82, 2.24) is 0 Å². The van der Waals surface area contributed by atoms with Crippen LogP contribution in [0.25, 0.3) is 0 Å². The zero-order valence-electron chi connectivity index (χ0n) is 14.9. The molecule has 0 saturated carbocycles. The summed E-state index contributed by atoms with van der Waals surface area (Å²) < 4.78 is 0. The maximum absolute atomic E-state index is 2.00. The van der Waals surface area contributed by atoms with Crippen molar-refractivity contribution in [2.75, 3.05) is 0 Å². The summed E-state index contributed by atoms with van der Waals surface area (Å²) in [6.07, 6.45) is 48.0. The van der Waals surface area contributed by atoms with E-state index in [2.05, 4.69) is 0 Å². The molecule has 3 aliphatic rings. The first-order valence-corrected chi connectivity index (χ1v) is 8.00. The largest absolute Gasteiger partial charge is 0.0623 e. The maximum Gasteiger partial charge on any atom is 0 e. The van der Waals surface area contributed by atoms with E-state index in [1.165, 1.54) is 0 Å². The van der Waals surface area contributed by atoms with Gasteiger partial charge < -0.3 is 0 Å². The van der Waals surface area contributed by atoms with Crippen LogP contribution in [0.1, 0.15) is 0 Å². The van der Waals surface area contributed by atoms with Crippen LogP contribution in [0.2, 0.25) is 0 Å². The number of hydrogen-bond donors (Lipinski definition) is 0. The van der Waals surface area contributed by atoms with Gasteiger partial charge in [0.1, 0.15) is 0 Å². The molecule has 2 heteroatoms. The van der Waals surface area contributed by atoms with Crippen molar-refractivity contribution in [2.24, 2.45) is 0 Å². The van der Waals surface area contributed by atoms with Crippen LogP contribution in [0, 0.1) is 0 Å². The molecule has 0 aromatic heterocycles. The molecule has 0 aromatic carbocycles. The van der Waals surface area contributed by atoms with Crippen LogP contribution in [-0.4, -0.2) is 0 Å². The van der Waals surface area contributed by atoms with Gasteiger partial charge in [0.05, 0.1) is 0 Å². The van der Waals surface area contributed by atoms with Crippen LogP contribution in [0.3, 0.4) is 0 Å². The van der Waals surface area contributed by atoms with E-state index in [0.29, 0.717) is 0 Å². The minimum absolute atomic E-state index is 0. The molecule has 0 heterocycles. The SMILES string of the molecule is C1=C\C=C/C=C\C=C/1.C1=C\C=C/C=C\C=C/1.C1=C\C=C/C=C\C=C/1.[Ti].[Ti]. The Morgan fingerprint density at radius 3 is 0.192 bits per heavy atom. The molecule has 3 rings (SSSR count). The second-order valence-electron chi connectivity index (χ2n) is 4.62. The normalized spacial score (nSPS) is 29.5. The van der Waals surface area contributed by atoms with Crippen molar-refractivity contribution in [3.8, 4) is 0 Å². The Kier molecular flexibility index (Phi) is 23.8. The summed E-state index contributed by atoms with van der Waals surface area (Å²) in [7, 11) is 0. The standard InChI is InChI=1S/3C8H8.2Ti/c3*1-2-4-6-8-7-5-3-1;;/h3*1-8H;;/b3*2-1-,3-1?,4-2?,5-3-,6-4-,7-5?,8-6?,8-7-;;. The predicted molar refractivity (Wildman–Crippen MR) is 110 cm³/mol. The van der Waals surface area contributed by atoms with Crippen LogP contribution in [0.15, 0.2) is 146 Å². The molecule has 0 unspecified atom stereocenters. The quantitative estimate of drug-likeness (QED) is 0.393. The summed E-state index contributed by atoms with van der Waals surface area (Å²) in [6, 6.07) is 0. The average molecular weight is 408 g/mol. The molecule has 0 amide bonds. The van der Waals surface area contributed by atoms with Gasteiger partial charge in [-0.2, -0.15) is 0 Å². The molecule has 26 heavy (non-hydrogen) atoms. The van der Waals surface area contributed by atoms with E-state index in [0.717, 1.165) is 0 Å². The fourth-order valence-corrected chi connectivity index (χ4v) is 1.54. The second-order valence-corrected chi connectivity index (χ2v) is 4.62. The topological polar surface area (TPSA) is 0 Å². The van der Waals surface area contributed by atoms with Gasteiger partial charge in [-0.1, -0.05) is 146 Å². The Labute approximate surface area is 188 Å². The molecule has 3 aliphatic carbocycles. The third kappa shape index (κ3) is 20.4. The molecule has 0 atom stereocenters. The molecule has 0 aromatic rings. The van der Waals surface area contributed by atoms with Crippen LogP contribution in [0.4, 0.5) is 0 Å². The van der Waals surface area contributed by atoms with E-state index in [9.17, 15) is 0 Å². The van der Waals surface area contributed by atoms with Gasteiger partial charge in [-0.15, -0.1) is 0 Å². The summed E-state index contributed by atoms with van der Waals surface area (Å²) in [4.78, 5) is 0. The van der Waals surface area contributed by atoms with Gasteiger partial charge in [0.15, 0.2) is 0 Å². The molecule has 0 N–H and O–H groups in total. The second kappa shape index (κ2) is 23.3. The number of allylic oxidation sites excluding steroid dienone is 24. The average Bonchev–Trinajstić information content (AvgIpc) is 2.46. The van der Waals surface area contributed by atoms with Crippen LogP contribution in [-0.2, 0) is 43.4 Å². The maximum atomic E-state index is 2.00. The third-order valence-electron chi connectivity index (χ3n) is 2.67. The van der Waals surface area contributed by atoms with E-state index < -0.39 is 0 Å². The minimum Gasteiger partial charge on any atom is -0.0623 e. The van der Waals surface area contributed by atoms with Crippen LogP contribution in [0.5, 0.6) is 0 Å². The van der Waals surface area contributed by atoms with E-state index in [1.807, 2.05) is 146 Å². The molecule has 0 radical (unpaired) electrons. The van der Waals surface area contributed by atoms with Gasteiger partial charge in [-0.05, 0) is 0 Å². The molecular formula is C24H24Ti2. The Balaban J connectivity index is 0. The zero-order chi connectivity index (χ0) is 17.0. The molecule has 0 fully saturated rings. The molecule has 128 valence electrons. The molecule has 0 saturated heterocycles. The van der Waals surface area contributed by atoms with Crippen molar-refractivity contribution in [2.45, 2.75) is 0 Å². The summed E-state index contributed by atoms with van der Waals surface area (Å²) in [5.41, 5.74) is 0. The van der Waals surface area contributed by atoms with Gasteiger partial charge in [-0.25, -0.2) is 0 Å². The fourth-order valence-electron chi connectivity index (χ4n) is 1.54. The number of rotatable bonds is 0. The first kappa shape index (κ1) is 26.5. The monoisotopic (exact) mass is 408 g/mol. The summed E-state index contributed by atoms with van der Waals surface area (Å²) in [5, 5.41) is 0. The van der Waals surface area contributed by atoms with Gasteiger partial charge in [0.25, 0.3) is 0 Å². The zero-order valence-corrected chi connectivity index (χ0v) is 18.0. The Morgan fingerprint density at radius 1 is 0.115 bits per heavy atom. The van der Waals surface area contributed by atoms with Crippen molar-refractivity contribution in [3.05, 3.63) is 146 Å². The Hall–Kier alpha value is -1.69. The Morgan fingerprint density at radius 2 is 0.154 bits per heavy atom. The van der Waals surface area contributed by atoms with Gasteiger partial charge in [-0.3, -0.25) is 0 Å².